The number of hydrogen-bond donors (Lipinski definition) is 0. The molecule has 1 aromatic heterocycles. The molecule has 1 saturated heterocycles. The highest BCUT2D eigenvalue weighted by molar-refractivity contribution is 5.78. The fourth-order valence-electron chi connectivity index (χ4n) is 3.59. The van der Waals surface area contributed by atoms with Crippen LogP contribution in [0.2, 0.25) is 0 Å². The van der Waals surface area contributed by atoms with Gasteiger partial charge in [-0.05, 0) is 43.3 Å². The summed E-state index contributed by atoms with van der Waals surface area (Å²) in [5, 5.41) is 0. The van der Waals surface area contributed by atoms with Gasteiger partial charge in [-0.1, -0.05) is 6.07 Å². The fraction of sp³-hybridized carbons (Fsp3) is 0.429. The number of pyridine rings is 1. The number of methoxy groups -OCH3 is 2. The maximum Gasteiger partial charge on any atom is 0.236 e. The van der Waals surface area contributed by atoms with Crippen LogP contribution in [0.3, 0.4) is 0 Å². The number of likely N-dealkylation sites (N-methyl/N-ethyl adjacent to an activating group) is 1. The van der Waals surface area contributed by atoms with Crippen LogP contribution in [0.1, 0.15) is 23.5 Å². The van der Waals surface area contributed by atoms with Gasteiger partial charge in [0, 0.05) is 43.5 Å². The van der Waals surface area contributed by atoms with Crippen LogP contribution < -0.4 is 9.47 Å². The summed E-state index contributed by atoms with van der Waals surface area (Å²) in [7, 11) is 5.30. The number of likely N-dealkylation sites (tertiary alicyclic amines) is 1. The van der Waals surface area contributed by atoms with Crippen molar-refractivity contribution in [3.05, 3.63) is 53.9 Å². The molecule has 1 aliphatic heterocycles. The molecular formula is C21H27N3O3. The SMILES string of the molecule is COc1ccc(OC)c([C@H]2CCN(C(=O)CN(C)Cc3cccnc3)C2)c1. The predicted octanol–water partition coefficient (Wildman–Crippen LogP) is 2.55. The van der Waals surface area contributed by atoms with Crippen molar-refractivity contribution >= 4 is 5.91 Å². The molecule has 6 heteroatoms. The molecule has 2 aromatic rings. The number of ether oxygens (including phenoxy) is 2. The molecule has 0 N–H and O–H groups in total. The van der Waals surface area contributed by atoms with Gasteiger partial charge in [0.2, 0.25) is 5.91 Å². The van der Waals surface area contributed by atoms with Crippen LogP contribution in [0.4, 0.5) is 0 Å². The van der Waals surface area contributed by atoms with Crippen LogP contribution in [-0.4, -0.2) is 61.6 Å². The molecule has 27 heavy (non-hydrogen) atoms. The normalized spacial score (nSPS) is 16.6. The van der Waals surface area contributed by atoms with Gasteiger partial charge in [0.25, 0.3) is 0 Å². The average Bonchev–Trinajstić information content (AvgIpc) is 3.18. The number of carbonyl (C=O) groups is 1. The maximum absolute atomic E-state index is 12.7. The fourth-order valence-corrected chi connectivity index (χ4v) is 3.59. The lowest BCUT2D eigenvalue weighted by Gasteiger charge is -2.22. The zero-order valence-electron chi connectivity index (χ0n) is 16.2. The highest BCUT2D eigenvalue weighted by Crippen LogP contribution is 2.36. The Morgan fingerprint density at radius 2 is 2.15 bits per heavy atom. The molecule has 0 aliphatic carbocycles. The summed E-state index contributed by atoms with van der Waals surface area (Å²) in [6, 6.07) is 9.78. The van der Waals surface area contributed by atoms with Crippen molar-refractivity contribution < 1.29 is 14.3 Å². The molecular weight excluding hydrogens is 342 g/mol. The van der Waals surface area contributed by atoms with E-state index in [9.17, 15) is 4.79 Å². The highest BCUT2D eigenvalue weighted by Gasteiger charge is 2.29. The molecule has 0 spiro atoms. The van der Waals surface area contributed by atoms with Gasteiger partial charge in [-0.15, -0.1) is 0 Å². The van der Waals surface area contributed by atoms with Crippen molar-refractivity contribution in [2.75, 3.05) is 40.9 Å². The van der Waals surface area contributed by atoms with Crippen molar-refractivity contribution in [3.63, 3.8) is 0 Å². The van der Waals surface area contributed by atoms with E-state index in [-0.39, 0.29) is 11.8 Å². The standard InChI is InChI=1S/C21H27N3O3/c1-23(13-16-5-4-9-22-12-16)15-21(25)24-10-8-17(14-24)19-11-18(26-2)6-7-20(19)27-3/h4-7,9,11-12,17H,8,10,13-15H2,1-3H3/t17-/m0/s1. The van der Waals surface area contributed by atoms with E-state index in [1.807, 2.05) is 53.4 Å². The first-order valence-corrected chi connectivity index (χ1v) is 9.18. The summed E-state index contributed by atoms with van der Waals surface area (Å²) in [4.78, 5) is 20.8. The van der Waals surface area contributed by atoms with Crippen molar-refractivity contribution in [2.24, 2.45) is 0 Å². The molecule has 0 radical (unpaired) electrons. The Hall–Kier alpha value is -2.60. The first kappa shape index (κ1) is 19.2. The molecule has 2 heterocycles. The van der Waals surface area contributed by atoms with Gasteiger partial charge in [0.1, 0.15) is 11.5 Å². The minimum atomic E-state index is 0.158. The largest absolute Gasteiger partial charge is 0.497 e. The van der Waals surface area contributed by atoms with E-state index in [0.717, 1.165) is 35.6 Å². The number of carbonyl (C=O) groups excluding carboxylic acids is 1. The number of amides is 1. The van der Waals surface area contributed by atoms with E-state index >= 15 is 0 Å². The Kier molecular flexibility index (Phi) is 6.29. The van der Waals surface area contributed by atoms with Gasteiger partial charge in [-0.2, -0.15) is 0 Å². The van der Waals surface area contributed by atoms with Crippen molar-refractivity contribution in [1.82, 2.24) is 14.8 Å². The molecule has 144 valence electrons. The molecule has 0 saturated carbocycles. The van der Waals surface area contributed by atoms with Crippen molar-refractivity contribution in [3.8, 4) is 11.5 Å². The van der Waals surface area contributed by atoms with Gasteiger partial charge in [-0.25, -0.2) is 0 Å². The first-order chi connectivity index (χ1) is 13.1. The summed E-state index contributed by atoms with van der Waals surface area (Å²) in [6.45, 7) is 2.59. The minimum Gasteiger partial charge on any atom is -0.497 e. The summed E-state index contributed by atoms with van der Waals surface area (Å²) >= 11 is 0. The number of hydrogen-bond acceptors (Lipinski definition) is 5. The quantitative estimate of drug-likeness (QED) is 0.751. The molecule has 1 amide bonds. The Morgan fingerprint density at radius 3 is 2.85 bits per heavy atom. The monoisotopic (exact) mass is 369 g/mol. The van der Waals surface area contributed by atoms with Gasteiger partial charge < -0.3 is 14.4 Å². The lowest BCUT2D eigenvalue weighted by molar-refractivity contribution is -0.131. The first-order valence-electron chi connectivity index (χ1n) is 9.18. The maximum atomic E-state index is 12.7. The molecule has 1 aliphatic rings. The topological polar surface area (TPSA) is 54.9 Å². The number of aromatic nitrogens is 1. The molecule has 3 rings (SSSR count). The van der Waals surface area contributed by atoms with Crippen molar-refractivity contribution in [2.45, 2.75) is 18.9 Å². The second-order valence-electron chi connectivity index (χ2n) is 6.97. The Balaban J connectivity index is 1.59. The zero-order chi connectivity index (χ0) is 19.2. The predicted molar refractivity (Wildman–Crippen MR) is 104 cm³/mol. The van der Waals surface area contributed by atoms with Crippen LogP contribution in [0.25, 0.3) is 0 Å². The number of benzene rings is 1. The third-order valence-corrected chi connectivity index (χ3v) is 5.00. The Labute approximate surface area is 160 Å². The van der Waals surface area contributed by atoms with E-state index in [0.29, 0.717) is 19.6 Å². The van der Waals surface area contributed by atoms with E-state index in [1.54, 1.807) is 20.4 Å². The third kappa shape index (κ3) is 4.77. The lowest BCUT2D eigenvalue weighted by atomic mass is 9.97. The van der Waals surface area contributed by atoms with Crippen LogP contribution in [0, 0.1) is 0 Å². The molecule has 1 atom stereocenters. The Bertz CT molecular complexity index is 767. The second kappa shape index (κ2) is 8.86. The van der Waals surface area contributed by atoms with E-state index in [1.165, 1.54) is 0 Å². The van der Waals surface area contributed by atoms with Gasteiger partial charge >= 0.3 is 0 Å². The molecule has 1 aromatic carbocycles. The van der Waals surface area contributed by atoms with Crippen molar-refractivity contribution in [1.29, 1.82) is 0 Å². The average molecular weight is 369 g/mol. The van der Waals surface area contributed by atoms with Crippen LogP contribution in [0.5, 0.6) is 11.5 Å². The van der Waals surface area contributed by atoms with E-state index in [4.69, 9.17) is 9.47 Å². The summed E-state index contributed by atoms with van der Waals surface area (Å²) in [5.41, 5.74) is 2.21. The molecule has 0 bridgehead atoms. The van der Waals surface area contributed by atoms with Gasteiger partial charge in [0.15, 0.2) is 0 Å². The number of rotatable bonds is 7. The van der Waals surface area contributed by atoms with E-state index in [2.05, 4.69) is 4.98 Å². The van der Waals surface area contributed by atoms with Crippen LogP contribution in [0.15, 0.2) is 42.7 Å². The molecule has 1 fully saturated rings. The summed E-state index contributed by atoms with van der Waals surface area (Å²) in [6.07, 6.45) is 4.52. The third-order valence-electron chi connectivity index (χ3n) is 5.00. The highest BCUT2D eigenvalue weighted by atomic mass is 16.5. The zero-order valence-corrected chi connectivity index (χ0v) is 16.2. The summed E-state index contributed by atoms with van der Waals surface area (Å²) in [5.74, 6) is 2.09. The van der Waals surface area contributed by atoms with Gasteiger partial charge in [0.05, 0.1) is 20.8 Å². The van der Waals surface area contributed by atoms with Gasteiger partial charge in [-0.3, -0.25) is 14.7 Å². The second-order valence-corrected chi connectivity index (χ2v) is 6.97. The molecule has 0 unspecified atom stereocenters. The van der Waals surface area contributed by atoms with Crippen LogP contribution >= 0.6 is 0 Å². The lowest BCUT2D eigenvalue weighted by Crippen LogP contribution is -2.37. The van der Waals surface area contributed by atoms with E-state index < -0.39 is 0 Å². The minimum absolute atomic E-state index is 0.158. The Morgan fingerprint density at radius 1 is 1.30 bits per heavy atom. The summed E-state index contributed by atoms with van der Waals surface area (Å²) < 4.78 is 10.9. The van der Waals surface area contributed by atoms with Crippen LogP contribution in [-0.2, 0) is 11.3 Å². The molecule has 6 nitrogen and oxygen atoms in total. The number of nitrogens with zero attached hydrogens (tertiary/aromatic N) is 3. The smallest absolute Gasteiger partial charge is 0.236 e.